The summed E-state index contributed by atoms with van der Waals surface area (Å²) in [5, 5.41) is 10.5. The summed E-state index contributed by atoms with van der Waals surface area (Å²) in [6.07, 6.45) is -0.562. The molecule has 0 fully saturated rings. The monoisotopic (exact) mass is 270 g/mol. The van der Waals surface area contributed by atoms with Gasteiger partial charge < -0.3 is 14.6 Å². The average Bonchev–Trinajstić information content (AvgIpc) is 2.54. The lowest BCUT2D eigenvalue weighted by molar-refractivity contribution is 0.147. The van der Waals surface area contributed by atoms with E-state index in [1.54, 1.807) is 0 Å². The molecule has 20 heavy (non-hydrogen) atoms. The van der Waals surface area contributed by atoms with Crippen LogP contribution in [0.25, 0.3) is 0 Å². The summed E-state index contributed by atoms with van der Waals surface area (Å²) in [6, 6.07) is 15.7. The van der Waals surface area contributed by atoms with E-state index in [1.807, 2.05) is 55.5 Å². The summed E-state index contributed by atoms with van der Waals surface area (Å²) in [5.74, 6) is 1.49. The third kappa shape index (κ3) is 2.49. The first-order chi connectivity index (χ1) is 9.75. The molecule has 104 valence electrons. The summed E-state index contributed by atoms with van der Waals surface area (Å²) in [5.41, 5.74) is 1.97. The van der Waals surface area contributed by atoms with E-state index in [0.29, 0.717) is 19.0 Å². The molecule has 0 aliphatic carbocycles. The molecule has 1 aliphatic rings. The van der Waals surface area contributed by atoms with Crippen LogP contribution in [0.4, 0.5) is 0 Å². The van der Waals surface area contributed by atoms with Crippen LogP contribution >= 0.6 is 0 Å². The van der Waals surface area contributed by atoms with Crippen molar-refractivity contribution in [1.82, 2.24) is 0 Å². The second kappa shape index (κ2) is 5.55. The van der Waals surface area contributed by atoms with E-state index in [2.05, 4.69) is 0 Å². The van der Waals surface area contributed by atoms with Crippen molar-refractivity contribution in [3.05, 3.63) is 59.7 Å². The van der Waals surface area contributed by atoms with Gasteiger partial charge in [-0.1, -0.05) is 43.3 Å². The van der Waals surface area contributed by atoms with Crippen LogP contribution in [0.5, 0.6) is 11.5 Å². The van der Waals surface area contributed by atoms with Crippen LogP contribution in [0.3, 0.4) is 0 Å². The topological polar surface area (TPSA) is 38.7 Å². The third-order valence-electron chi connectivity index (χ3n) is 3.71. The van der Waals surface area contributed by atoms with Gasteiger partial charge in [0.2, 0.25) is 0 Å². The van der Waals surface area contributed by atoms with E-state index in [1.165, 1.54) is 0 Å². The number of aliphatic hydroxyl groups is 1. The molecule has 0 spiro atoms. The van der Waals surface area contributed by atoms with Crippen molar-refractivity contribution in [1.29, 1.82) is 0 Å². The van der Waals surface area contributed by atoms with Gasteiger partial charge in [-0.05, 0) is 23.3 Å². The van der Waals surface area contributed by atoms with E-state index in [0.717, 1.165) is 16.9 Å². The van der Waals surface area contributed by atoms with E-state index in [-0.39, 0.29) is 5.92 Å². The fourth-order valence-electron chi connectivity index (χ4n) is 2.47. The molecule has 1 aliphatic heterocycles. The number of aliphatic hydroxyl groups excluding tert-OH is 1. The zero-order chi connectivity index (χ0) is 13.9. The summed E-state index contributed by atoms with van der Waals surface area (Å²) in [4.78, 5) is 0. The van der Waals surface area contributed by atoms with Gasteiger partial charge >= 0.3 is 0 Å². The van der Waals surface area contributed by atoms with Crippen molar-refractivity contribution < 1.29 is 14.6 Å². The molecule has 0 radical (unpaired) electrons. The SMILES string of the molecule is CC(c1ccccc1)C(O)c1ccc2c(c1)OCCO2. The third-order valence-corrected chi connectivity index (χ3v) is 3.71. The standard InChI is InChI=1S/C17H18O3/c1-12(13-5-3-2-4-6-13)17(18)14-7-8-15-16(11-14)20-10-9-19-15/h2-8,11-12,17-18H,9-10H2,1H3. The first kappa shape index (κ1) is 13.0. The minimum atomic E-state index is -0.562. The number of rotatable bonds is 3. The Hall–Kier alpha value is -2.00. The highest BCUT2D eigenvalue weighted by Gasteiger charge is 2.20. The molecule has 0 aromatic heterocycles. The van der Waals surface area contributed by atoms with Crippen LogP contribution in [0.2, 0.25) is 0 Å². The number of benzene rings is 2. The number of ether oxygens (including phenoxy) is 2. The second-order valence-electron chi connectivity index (χ2n) is 5.05. The molecule has 3 rings (SSSR count). The van der Waals surface area contributed by atoms with Crippen molar-refractivity contribution in [3.63, 3.8) is 0 Å². The normalized spacial score (nSPS) is 16.5. The maximum absolute atomic E-state index is 10.5. The second-order valence-corrected chi connectivity index (χ2v) is 5.05. The van der Waals surface area contributed by atoms with E-state index < -0.39 is 6.10 Å². The molecule has 3 heteroatoms. The van der Waals surface area contributed by atoms with Gasteiger partial charge in [0.25, 0.3) is 0 Å². The maximum Gasteiger partial charge on any atom is 0.161 e. The van der Waals surface area contributed by atoms with E-state index >= 15 is 0 Å². The minimum absolute atomic E-state index is 0.0266. The Morgan fingerprint density at radius 3 is 2.35 bits per heavy atom. The summed E-state index contributed by atoms with van der Waals surface area (Å²) < 4.78 is 11.1. The molecule has 2 unspecified atom stereocenters. The molecule has 0 bridgehead atoms. The van der Waals surface area contributed by atoms with Crippen molar-refractivity contribution in [2.24, 2.45) is 0 Å². The number of fused-ring (bicyclic) bond motifs is 1. The van der Waals surface area contributed by atoms with Gasteiger partial charge in [0, 0.05) is 5.92 Å². The van der Waals surface area contributed by atoms with Crippen molar-refractivity contribution in [3.8, 4) is 11.5 Å². The summed E-state index contributed by atoms with van der Waals surface area (Å²) >= 11 is 0. The highest BCUT2D eigenvalue weighted by molar-refractivity contribution is 5.45. The zero-order valence-corrected chi connectivity index (χ0v) is 11.5. The fraction of sp³-hybridized carbons (Fsp3) is 0.294. The Balaban J connectivity index is 1.85. The molecule has 0 amide bonds. The molecular weight excluding hydrogens is 252 g/mol. The van der Waals surface area contributed by atoms with E-state index in [4.69, 9.17) is 9.47 Å². The molecule has 1 N–H and O–H groups in total. The fourth-order valence-corrected chi connectivity index (χ4v) is 2.47. The Kier molecular flexibility index (Phi) is 3.61. The van der Waals surface area contributed by atoms with Gasteiger partial charge in [0.05, 0.1) is 6.10 Å². The lowest BCUT2D eigenvalue weighted by Gasteiger charge is -2.23. The van der Waals surface area contributed by atoms with Gasteiger partial charge in [-0.15, -0.1) is 0 Å². The van der Waals surface area contributed by atoms with Gasteiger partial charge in [0.1, 0.15) is 13.2 Å². The Morgan fingerprint density at radius 1 is 0.900 bits per heavy atom. The quantitative estimate of drug-likeness (QED) is 0.930. The Labute approximate surface area is 118 Å². The zero-order valence-electron chi connectivity index (χ0n) is 11.5. The van der Waals surface area contributed by atoms with Crippen LogP contribution in [0.15, 0.2) is 48.5 Å². The first-order valence-electron chi connectivity index (χ1n) is 6.88. The maximum atomic E-state index is 10.5. The van der Waals surface area contributed by atoms with Crippen LogP contribution in [-0.4, -0.2) is 18.3 Å². The summed E-state index contributed by atoms with van der Waals surface area (Å²) in [7, 11) is 0. The molecule has 2 atom stereocenters. The van der Waals surface area contributed by atoms with Crippen molar-refractivity contribution >= 4 is 0 Å². The molecule has 0 saturated carbocycles. The molecular formula is C17H18O3. The van der Waals surface area contributed by atoms with Gasteiger partial charge in [-0.3, -0.25) is 0 Å². The number of hydrogen-bond donors (Lipinski definition) is 1. The lowest BCUT2D eigenvalue weighted by atomic mass is 9.91. The van der Waals surface area contributed by atoms with Gasteiger partial charge in [-0.25, -0.2) is 0 Å². The van der Waals surface area contributed by atoms with Gasteiger partial charge in [0.15, 0.2) is 11.5 Å². The molecule has 3 nitrogen and oxygen atoms in total. The molecule has 1 heterocycles. The minimum Gasteiger partial charge on any atom is -0.486 e. The Morgan fingerprint density at radius 2 is 1.60 bits per heavy atom. The average molecular weight is 270 g/mol. The molecule has 2 aromatic carbocycles. The van der Waals surface area contributed by atoms with Crippen LogP contribution < -0.4 is 9.47 Å². The smallest absolute Gasteiger partial charge is 0.161 e. The predicted octanol–water partition coefficient (Wildman–Crippen LogP) is 3.29. The Bertz CT molecular complexity index is 580. The van der Waals surface area contributed by atoms with Crippen molar-refractivity contribution in [2.45, 2.75) is 18.9 Å². The molecule has 2 aromatic rings. The van der Waals surface area contributed by atoms with Gasteiger partial charge in [-0.2, -0.15) is 0 Å². The summed E-state index contributed by atoms with van der Waals surface area (Å²) in [6.45, 7) is 3.16. The predicted molar refractivity (Wildman–Crippen MR) is 77.2 cm³/mol. The lowest BCUT2D eigenvalue weighted by Crippen LogP contribution is -2.16. The first-order valence-corrected chi connectivity index (χ1v) is 6.88. The van der Waals surface area contributed by atoms with Crippen LogP contribution in [0, 0.1) is 0 Å². The largest absolute Gasteiger partial charge is 0.486 e. The molecule has 0 saturated heterocycles. The highest BCUT2D eigenvalue weighted by Crippen LogP contribution is 2.36. The van der Waals surface area contributed by atoms with Crippen LogP contribution in [0.1, 0.15) is 30.1 Å². The van der Waals surface area contributed by atoms with E-state index in [9.17, 15) is 5.11 Å². The number of hydrogen-bond acceptors (Lipinski definition) is 3. The van der Waals surface area contributed by atoms with Crippen molar-refractivity contribution in [2.75, 3.05) is 13.2 Å². The highest BCUT2D eigenvalue weighted by atomic mass is 16.6. The van der Waals surface area contributed by atoms with Crippen LogP contribution in [-0.2, 0) is 0 Å².